The maximum absolute atomic E-state index is 3.30. The molecule has 1 radical (unpaired) electrons. The molecule has 0 amide bonds. The molecule has 0 spiro atoms. The van der Waals surface area contributed by atoms with E-state index in [1.54, 1.807) is 0 Å². The molecule has 1 aliphatic carbocycles. The normalized spacial score (nSPS) is 10.5. The zero-order valence-corrected chi connectivity index (χ0v) is 16.1. The van der Waals surface area contributed by atoms with Gasteiger partial charge in [0, 0.05) is 26.2 Å². The fraction of sp³-hybridized carbons (Fsp3) is 0.200. The van der Waals surface area contributed by atoms with E-state index in [1.165, 1.54) is 22.3 Å². The van der Waals surface area contributed by atoms with Crippen LogP contribution in [-0.2, 0) is 32.6 Å². The zero-order chi connectivity index (χ0) is 11.4. The summed E-state index contributed by atoms with van der Waals surface area (Å²) in [5.41, 5.74) is 5.51. The molecule has 0 saturated heterocycles. The van der Waals surface area contributed by atoms with Gasteiger partial charge in [0.25, 0.3) is 0 Å². The molecule has 85 valence electrons. The van der Waals surface area contributed by atoms with E-state index in [9.17, 15) is 0 Å². The first-order chi connectivity index (χ1) is 7.86. The number of hydrogen-bond donors (Lipinski definition) is 0. The van der Waals surface area contributed by atoms with Crippen LogP contribution in [0.25, 0.3) is 11.1 Å². The summed E-state index contributed by atoms with van der Waals surface area (Å²) in [6, 6.07) is 18.1. The van der Waals surface area contributed by atoms with Gasteiger partial charge in [-0.2, -0.15) is 29.8 Å². The Bertz CT molecular complexity index is 436. The molecule has 0 fully saturated rings. The molecular weight excluding hydrogens is 390 g/mol. The first-order valence-electron chi connectivity index (χ1n) is 5.68. The van der Waals surface area contributed by atoms with Gasteiger partial charge >= 0.3 is 31.0 Å². The average Bonchev–Trinajstić information content (AvgIpc) is 2.68. The van der Waals surface area contributed by atoms with E-state index in [2.05, 4.69) is 52.3 Å². The molecule has 0 unspecified atom stereocenters. The SMILES string of the molecule is [CH3][SnH][CH3].[Zr].[c-]1cccc2c1Cc1ccccc1-2. The Hall–Kier alpha value is 0.122. The predicted molar refractivity (Wildman–Crippen MR) is 72.4 cm³/mol. The second-order valence-electron chi connectivity index (χ2n) is 3.97. The number of hydrogen-bond acceptors (Lipinski definition) is 0. The van der Waals surface area contributed by atoms with Gasteiger partial charge in [0.1, 0.15) is 0 Å². The summed E-state index contributed by atoms with van der Waals surface area (Å²) in [5, 5.41) is 0. The third kappa shape index (κ3) is 3.54. The van der Waals surface area contributed by atoms with Crippen molar-refractivity contribution in [3.05, 3.63) is 59.7 Å². The molecule has 0 aliphatic heterocycles. The molecule has 3 rings (SSSR count). The summed E-state index contributed by atoms with van der Waals surface area (Å²) >= 11 is 0.110. The van der Waals surface area contributed by atoms with E-state index in [0.717, 1.165) is 6.42 Å². The van der Waals surface area contributed by atoms with Crippen LogP contribution >= 0.6 is 0 Å². The Balaban J connectivity index is 0.000000331. The van der Waals surface area contributed by atoms with Gasteiger partial charge < -0.3 is 0 Å². The van der Waals surface area contributed by atoms with E-state index in [1.807, 2.05) is 6.07 Å². The fourth-order valence-electron chi connectivity index (χ4n) is 2.00. The van der Waals surface area contributed by atoms with Crippen molar-refractivity contribution >= 4 is 21.1 Å². The number of benzene rings is 2. The minimum absolute atomic E-state index is 0. The zero-order valence-electron chi connectivity index (χ0n) is 10.3. The topological polar surface area (TPSA) is 0 Å². The van der Waals surface area contributed by atoms with Crippen LogP contribution in [0.5, 0.6) is 0 Å². The molecule has 0 N–H and O–H groups in total. The first kappa shape index (κ1) is 15.2. The van der Waals surface area contributed by atoms with Gasteiger partial charge in [-0.15, -0.1) is 5.56 Å². The van der Waals surface area contributed by atoms with E-state index in [-0.39, 0.29) is 47.3 Å². The molecule has 0 saturated carbocycles. The summed E-state index contributed by atoms with van der Waals surface area (Å²) in [4.78, 5) is 4.63. The van der Waals surface area contributed by atoms with Gasteiger partial charge in [0.05, 0.1) is 0 Å². The Morgan fingerprint density at radius 2 is 1.65 bits per heavy atom. The van der Waals surface area contributed by atoms with Gasteiger partial charge in [-0.05, 0) is 6.42 Å². The van der Waals surface area contributed by atoms with E-state index in [0.29, 0.717) is 0 Å². The van der Waals surface area contributed by atoms with Crippen LogP contribution in [0.4, 0.5) is 0 Å². The predicted octanol–water partition coefficient (Wildman–Crippen LogP) is 3.57. The Kier molecular flexibility index (Phi) is 6.73. The minimum Gasteiger partial charge on any atom is -0.179 e. The quantitative estimate of drug-likeness (QED) is 0.396. The van der Waals surface area contributed by atoms with Gasteiger partial charge in [-0.1, -0.05) is 35.4 Å². The first-order valence-corrected chi connectivity index (χ1v) is 12.3. The molecule has 2 heteroatoms. The third-order valence-corrected chi connectivity index (χ3v) is 2.62. The largest absolute Gasteiger partial charge is 0.179 e. The van der Waals surface area contributed by atoms with Crippen LogP contribution < -0.4 is 0 Å². The number of fused-ring (bicyclic) bond motifs is 3. The van der Waals surface area contributed by atoms with Crippen LogP contribution in [0.15, 0.2) is 42.5 Å². The molecule has 2 aromatic rings. The maximum atomic E-state index is 3.30. The minimum atomic E-state index is 0. The van der Waals surface area contributed by atoms with Crippen LogP contribution in [0.3, 0.4) is 0 Å². The smallest absolute Gasteiger partial charge is 0 e. The number of rotatable bonds is 0. The second-order valence-corrected chi connectivity index (χ2v) is 7.27. The molecular formula is C15H16SnZr-. The molecule has 0 bridgehead atoms. The molecule has 0 atom stereocenters. The molecule has 0 nitrogen and oxygen atoms in total. The maximum Gasteiger partial charge on any atom is 0 e. The van der Waals surface area contributed by atoms with E-state index in [4.69, 9.17) is 0 Å². The van der Waals surface area contributed by atoms with Crippen molar-refractivity contribution in [3.63, 3.8) is 0 Å². The molecule has 1 aliphatic rings. The summed E-state index contributed by atoms with van der Waals surface area (Å²) in [7, 11) is 0. The second kappa shape index (κ2) is 7.53. The van der Waals surface area contributed by atoms with Crippen molar-refractivity contribution in [1.29, 1.82) is 0 Å². The Morgan fingerprint density at radius 3 is 2.41 bits per heavy atom. The summed E-state index contributed by atoms with van der Waals surface area (Å²) in [5.74, 6) is 0. The van der Waals surface area contributed by atoms with Crippen molar-refractivity contribution in [2.24, 2.45) is 0 Å². The van der Waals surface area contributed by atoms with Crippen LogP contribution in [-0.4, -0.2) is 21.1 Å². The van der Waals surface area contributed by atoms with Gasteiger partial charge in [0.15, 0.2) is 0 Å². The van der Waals surface area contributed by atoms with Crippen LogP contribution in [0.2, 0.25) is 9.88 Å². The summed E-state index contributed by atoms with van der Waals surface area (Å²) in [6.07, 6.45) is 1.05. The standard InChI is InChI=1S/C13H9.2CH3.Sn.Zr.H/c1-3-7-12-10(5-1)9-11-6-2-4-8-13(11)12;;;;;/h1-5,7-8H,9H2;2*1H3;;;/q-1;;;;;. The Labute approximate surface area is 133 Å². The van der Waals surface area contributed by atoms with E-state index >= 15 is 0 Å². The van der Waals surface area contributed by atoms with Crippen molar-refractivity contribution < 1.29 is 26.2 Å². The third-order valence-electron chi connectivity index (χ3n) is 2.62. The van der Waals surface area contributed by atoms with Crippen LogP contribution in [0.1, 0.15) is 11.1 Å². The van der Waals surface area contributed by atoms with Gasteiger partial charge in [0.2, 0.25) is 0 Å². The molecule has 2 aromatic carbocycles. The van der Waals surface area contributed by atoms with Gasteiger partial charge in [-0.25, -0.2) is 0 Å². The Morgan fingerprint density at radius 1 is 1.00 bits per heavy atom. The molecule has 0 heterocycles. The summed E-state index contributed by atoms with van der Waals surface area (Å²) in [6.45, 7) is 0. The fourth-order valence-corrected chi connectivity index (χ4v) is 2.00. The van der Waals surface area contributed by atoms with E-state index < -0.39 is 0 Å². The van der Waals surface area contributed by atoms with Crippen LogP contribution in [0, 0.1) is 6.07 Å². The van der Waals surface area contributed by atoms with Crippen molar-refractivity contribution in [3.8, 4) is 11.1 Å². The summed E-state index contributed by atoms with van der Waals surface area (Å²) < 4.78 is 0. The molecule has 0 aromatic heterocycles. The van der Waals surface area contributed by atoms with Crippen molar-refractivity contribution in [2.75, 3.05) is 0 Å². The van der Waals surface area contributed by atoms with Crippen molar-refractivity contribution in [1.82, 2.24) is 0 Å². The monoisotopic (exact) mass is 406 g/mol. The van der Waals surface area contributed by atoms with Gasteiger partial charge in [-0.3, -0.25) is 0 Å². The average molecular weight is 406 g/mol. The van der Waals surface area contributed by atoms with Crippen molar-refractivity contribution in [2.45, 2.75) is 16.3 Å². The molecule has 17 heavy (non-hydrogen) atoms.